The highest BCUT2D eigenvalue weighted by Gasteiger charge is 2.12. The van der Waals surface area contributed by atoms with E-state index in [1.807, 2.05) is 40.9 Å². The van der Waals surface area contributed by atoms with Gasteiger partial charge in [0.2, 0.25) is 0 Å². The Kier molecular flexibility index (Phi) is 2.88. The fourth-order valence-electron chi connectivity index (χ4n) is 1.97. The molecule has 2 heterocycles. The molecule has 0 saturated heterocycles. The SMILES string of the molecule is Cc1cccn2c(Br)c(-c3ccc(Cl)cc3)nc12. The minimum atomic E-state index is 0.731. The second-order valence-electron chi connectivity index (χ2n) is 4.14. The van der Waals surface area contributed by atoms with Crippen LogP contribution in [-0.4, -0.2) is 9.38 Å². The van der Waals surface area contributed by atoms with Crippen molar-refractivity contribution in [3.05, 3.63) is 57.8 Å². The first-order chi connectivity index (χ1) is 8.66. The summed E-state index contributed by atoms with van der Waals surface area (Å²) in [5.74, 6) is 0. The summed E-state index contributed by atoms with van der Waals surface area (Å²) in [6.45, 7) is 2.06. The van der Waals surface area contributed by atoms with E-state index in [1.54, 1.807) is 0 Å². The van der Waals surface area contributed by atoms with Crippen molar-refractivity contribution >= 4 is 33.2 Å². The first-order valence-electron chi connectivity index (χ1n) is 5.56. The molecule has 2 nitrogen and oxygen atoms in total. The highest BCUT2D eigenvalue weighted by Crippen LogP contribution is 2.30. The Balaban J connectivity index is 2.27. The highest BCUT2D eigenvalue weighted by atomic mass is 79.9. The van der Waals surface area contributed by atoms with Crippen LogP contribution in [0.4, 0.5) is 0 Å². The van der Waals surface area contributed by atoms with E-state index < -0.39 is 0 Å². The third kappa shape index (κ3) is 1.84. The van der Waals surface area contributed by atoms with Crippen molar-refractivity contribution in [3.8, 4) is 11.3 Å². The Morgan fingerprint density at radius 3 is 2.56 bits per heavy atom. The lowest BCUT2D eigenvalue weighted by molar-refractivity contribution is 1.14. The molecule has 18 heavy (non-hydrogen) atoms. The van der Waals surface area contributed by atoms with Gasteiger partial charge in [0.25, 0.3) is 0 Å². The second kappa shape index (κ2) is 4.41. The number of hydrogen-bond donors (Lipinski definition) is 0. The fraction of sp³-hybridized carbons (Fsp3) is 0.0714. The number of nitrogens with zero attached hydrogens (tertiary/aromatic N) is 2. The van der Waals surface area contributed by atoms with E-state index in [2.05, 4.69) is 33.9 Å². The van der Waals surface area contributed by atoms with Gasteiger partial charge < -0.3 is 0 Å². The number of halogens is 2. The normalized spacial score (nSPS) is 11.1. The molecule has 0 amide bonds. The maximum atomic E-state index is 5.91. The maximum Gasteiger partial charge on any atom is 0.141 e. The van der Waals surface area contributed by atoms with Crippen LogP contribution in [0, 0.1) is 6.92 Å². The van der Waals surface area contributed by atoms with Gasteiger partial charge in [0.15, 0.2) is 0 Å². The van der Waals surface area contributed by atoms with Crippen LogP contribution in [0.15, 0.2) is 47.2 Å². The second-order valence-corrected chi connectivity index (χ2v) is 5.33. The number of pyridine rings is 1. The molecule has 0 aliphatic heterocycles. The summed E-state index contributed by atoms with van der Waals surface area (Å²) in [5.41, 5.74) is 4.10. The molecular formula is C14H10BrClN2. The van der Waals surface area contributed by atoms with E-state index in [9.17, 15) is 0 Å². The van der Waals surface area contributed by atoms with Gasteiger partial charge in [-0.05, 0) is 46.6 Å². The summed E-state index contributed by atoms with van der Waals surface area (Å²) in [7, 11) is 0. The number of aryl methyl sites for hydroxylation is 1. The number of imidazole rings is 1. The number of aromatic nitrogens is 2. The van der Waals surface area contributed by atoms with E-state index in [4.69, 9.17) is 11.6 Å². The van der Waals surface area contributed by atoms with Crippen LogP contribution in [0.2, 0.25) is 5.02 Å². The standard InChI is InChI=1S/C14H10BrClN2/c1-9-3-2-8-18-13(15)12(17-14(9)18)10-4-6-11(16)7-5-10/h2-8H,1H3. The molecule has 3 rings (SSSR count). The average Bonchev–Trinajstić information content (AvgIpc) is 2.70. The summed E-state index contributed by atoms with van der Waals surface area (Å²) >= 11 is 9.51. The number of fused-ring (bicyclic) bond motifs is 1. The molecule has 90 valence electrons. The van der Waals surface area contributed by atoms with Gasteiger partial charge in [-0.25, -0.2) is 4.98 Å². The zero-order chi connectivity index (χ0) is 12.7. The zero-order valence-electron chi connectivity index (χ0n) is 9.69. The minimum absolute atomic E-state index is 0.731. The molecule has 0 unspecified atom stereocenters. The van der Waals surface area contributed by atoms with Crippen LogP contribution in [0.3, 0.4) is 0 Å². The van der Waals surface area contributed by atoms with Crippen LogP contribution in [0.1, 0.15) is 5.56 Å². The molecule has 0 bridgehead atoms. The van der Waals surface area contributed by atoms with Crippen molar-refractivity contribution in [2.24, 2.45) is 0 Å². The maximum absolute atomic E-state index is 5.91. The molecule has 0 spiro atoms. The smallest absolute Gasteiger partial charge is 0.141 e. The van der Waals surface area contributed by atoms with Crippen LogP contribution in [0.25, 0.3) is 16.9 Å². The topological polar surface area (TPSA) is 17.3 Å². The van der Waals surface area contributed by atoms with Crippen LogP contribution in [-0.2, 0) is 0 Å². The molecule has 0 atom stereocenters. The van der Waals surface area contributed by atoms with Gasteiger partial charge in [0.1, 0.15) is 15.9 Å². The number of benzene rings is 1. The van der Waals surface area contributed by atoms with Crippen LogP contribution >= 0.6 is 27.5 Å². The summed E-state index contributed by atoms with van der Waals surface area (Å²) in [5, 5.41) is 0.731. The Bertz CT molecular complexity index is 716. The van der Waals surface area contributed by atoms with Crippen molar-refractivity contribution in [2.75, 3.05) is 0 Å². The predicted octanol–water partition coefficient (Wildman–Crippen LogP) is 4.73. The molecule has 0 N–H and O–H groups in total. The molecule has 2 aromatic heterocycles. The Hall–Kier alpha value is -1.32. The minimum Gasteiger partial charge on any atom is -0.293 e. The molecule has 0 fully saturated rings. The fourth-order valence-corrected chi connectivity index (χ4v) is 2.70. The van der Waals surface area contributed by atoms with Crippen molar-refractivity contribution in [2.45, 2.75) is 6.92 Å². The molecule has 3 aromatic rings. The lowest BCUT2D eigenvalue weighted by Crippen LogP contribution is -1.85. The third-order valence-electron chi connectivity index (χ3n) is 2.90. The monoisotopic (exact) mass is 320 g/mol. The van der Waals surface area contributed by atoms with E-state index >= 15 is 0 Å². The quantitative estimate of drug-likeness (QED) is 0.633. The molecule has 0 aliphatic carbocycles. The van der Waals surface area contributed by atoms with Gasteiger partial charge >= 0.3 is 0 Å². The Morgan fingerprint density at radius 2 is 1.89 bits per heavy atom. The van der Waals surface area contributed by atoms with Gasteiger partial charge in [-0.2, -0.15) is 0 Å². The number of hydrogen-bond acceptors (Lipinski definition) is 1. The van der Waals surface area contributed by atoms with E-state index in [0.29, 0.717) is 0 Å². The highest BCUT2D eigenvalue weighted by molar-refractivity contribution is 9.10. The van der Waals surface area contributed by atoms with E-state index in [0.717, 1.165) is 32.1 Å². The van der Waals surface area contributed by atoms with Crippen LogP contribution < -0.4 is 0 Å². The largest absolute Gasteiger partial charge is 0.293 e. The molecule has 0 saturated carbocycles. The molecule has 1 aromatic carbocycles. The van der Waals surface area contributed by atoms with E-state index in [-0.39, 0.29) is 0 Å². The summed E-state index contributed by atoms with van der Waals surface area (Å²) in [6, 6.07) is 11.8. The molecule has 0 radical (unpaired) electrons. The van der Waals surface area contributed by atoms with Gasteiger partial charge in [0.05, 0.1) is 0 Å². The van der Waals surface area contributed by atoms with Crippen molar-refractivity contribution in [1.82, 2.24) is 9.38 Å². The lowest BCUT2D eigenvalue weighted by atomic mass is 10.2. The molecule has 4 heteroatoms. The molecule has 0 aliphatic rings. The Labute approximate surface area is 118 Å². The van der Waals surface area contributed by atoms with Gasteiger partial charge in [-0.3, -0.25) is 4.40 Å². The number of rotatable bonds is 1. The van der Waals surface area contributed by atoms with Crippen LogP contribution in [0.5, 0.6) is 0 Å². The third-order valence-corrected chi connectivity index (χ3v) is 3.91. The Morgan fingerprint density at radius 1 is 1.17 bits per heavy atom. The van der Waals surface area contributed by atoms with Crippen molar-refractivity contribution < 1.29 is 0 Å². The summed E-state index contributed by atoms with van der Waals surface area (Å²) in [6.07, 6.45) is 2.00. The first kappa shape index (κ1) is 11.8. The molecular weight excluding hydrogens is 312 g/mol. The van der Waals surface area contributed by atoms with Crippen molar-refractivity contribution in [1.29, 1.82) is 0 Å². The first-order valence-corrected chi connectivity index (χ1v) is 6.73. The van der Waals surface area contributed by atoms with Gasteiger partial charge in [-0.15, -0.1) is 0 Å². The van der Waals surface area contributed by atoms with Gasteiger partial charge in [-0.1, -0.05) is 29.8 Å². The van der Waals surface area contributed by atoms with E-state index in [1.165, 1.54) is 0 Å². The van der Waals surface area contributed by atoms with Crippen molar-refractivity contribution in [3.63, 3.8) is 0 Å². The van der Waals surface area contributed by atoms with Gasteiger partial charge in [0, 0.05) is 16.8 Å². The lowest BCUT2D eigenvalue weighted by Gasteiger charge is -1.98. The summed E-state index contributed by atoms with van der Waals surface area (Å²) < 4.78 is 3.00. The zero-order valence-corrected chi connectivity index (χ0v) is 12.0. The predicted molar refractivity (Wildman–Crippen MR) is 78.1 cm³/mol. The summed E-state index contributed by atoms with van der Waals surface area (Å²) in [4.78, 5) is 4.68. The average molecular weight is 322 g/mol.